The van der Waals surface area contributed by atoms with Crippen molar-refractivity contribution in [2.45, 2.75) is 96.5 Å². The van der Waals surface area contributed by atoms with Gasteiger partial charge in [-0.15, -0.1) is 0 Å². The normalized spacial score (nSPS) is 27.3. The van der Waals surface area contributed by atoms with Crippen LogP contribution in [0.1, 0.15) is 102 Å². The SMILES string of the molecule is CC(C)(C)OC(=O)N1[C@@H]2C[C@@H]2C[C@H]1c1nc(C#Cc2ccc3cc(-c4c[nH]c([C@@H]5C[C@@H]6C[C@@]6(C(C)(C)C)N5C(=O)O)n4)ccc3c2)c[nH]1. The smallest absolute Gasteiger partial charge is 0.411 e. The zero-order valence-electron chi connectivity index (χ0n) is 28.3. The van der Waals surface area contributed by atoms with Crippen LogP contribution in [0.15, 0.2) is 48.8 Å². The van der Waals surface area contributed by atoms with Crippen LogP contribution in [0.2, 0.25) is 0 Å². The monoisotopic (exact) mass is 646 g/mol. The van der Waals surface area contributed by atoms with Crippen LogP contribution < -0.4 is 0 Å². The highest BCUT2D eigenvalue weighted by Gasteiger charge is 2.72. The van der Waals surface area contributed by atoms with E-state index in [1.807, 2.05) is 44.0 Å². The van der Waals surface area contributed by atoms with Gasteiger partial charge in [0.1, 0.15) is 22.9 Å². The molecule has 48 heavy (non-hydrogen) atoms. The number of rotatable bonds is 3. The average Bonchev–Trinajstić information content (AvgIpc) is 3.59. The lowest BCUT2D eigenvalue weighted by Gasteiger charge is -2.39. The summed E-state index contributed by atoms with van der Waals surface area (Å²) >= 11 is 0. The number of H-pyrrole nitrogens is 2. The predicted molar refractivity (Wildman–Crippen MR) is 181 cm³/mol. The molecular weight excluding hydrogens is 604 g/mol. The summed E-state index contributed by atoms with van der Waals surface area (Å²) in [5.74, 6) is 8.76. The lowest BCUT2D eigenvalue weighted by molar-refractivity contribution is 0.0175. The average molecular weight is 647 g/mol. The van der Waals surface area contributed by atoms with Crippen LogP contribution in [0.4, 0.5) is 9.59 Å². The first-order valence-corrected chi connectivity index (χ1v) is 16.9. The maximum absolute atomic E-state index is 13.0. The van der Waals surface area contributed by atoms with Crippen LogP contribution >= 0.6 is 0 Å². The first kappa shape index (κ1) is 30.5. The van der Waals surface area contributed by atoms with Crippen LogP contribution in [0.25, 0.3) is 22.0 Å². The standard InChI is InChI=1S/C38H42N6O4/c1-36(2,3)38-18-26(38)17-31(44(38)34(45)46)33-40-20-28(42-33)24-11-10-22-13-21(7-9-23(22)14-24)8-12-27-19-39-32(41-27)30-16-25-15-29(25)43(30)35(47)48-37(4,5)6/h7,9-11,13-14,19-20,25-26,29-31H,15-18H2,1-6H3,(H,39,41)(H,40,42)(H,45,46)/t25-,26-,29-,30+,31+,38-/m1/s1. The van der Waals surface area contributed by atoms with Gasteiger partial charge in [-0.1, -0.05) is 44.9 Å². The van der Waals surface area contributed by atoms with Gasteiger partial charge in [0, 0.05) is 29.6 Å². The maximum Gasteiger partial charge on any atom is 0.411 e. The predicted octanol–water partition coefficient (Wildman–Crippen LogP) is 7.65. The number of hydrogen-bond donors (Lipinski definition) is 3. The lowest BCUT2D eigenvalue weighted by Crippen LogP contribution is -2.48. The van der Waals surface area contributed by atoms with E-state index in [-0.39, 0.29) is 35.2 Å². The molecule has 0 bridgehead atoms. The van der Waals surface area contributed by atoms with Crippen molar-refractivity contribution >= 4 is 23.0 Å². The van der Waals surface area contributed by atoms with Gasteiger partial charge >= 0.3 is 12.2 Å². The number of imidazole rings is 2. The summed E-state index contributed by atoms with van der Waals surface area (Å²) in [6, 6.07) is 12.2. The molecule has 0 spiro atoms. The minimum atomic E-state index is -0.875. The van der Waals surface area contributed by atoms with Gasteiger partial charge in [-0.05, 0) is 98.6 Å². The molecule has 8 rings (SSSR count). The van der Waals surface area contributed by atoms with Gasteiger partial charge in [-0.25, -0.2) is 19.6 Å². The first-order valence-electron chi connectivity index (χ1n) is 16.9. The Labute approximate surface area is 280 Å². The van der Waals surface area contributed by atoms with Crippen molar-refractivity contribution in [3.05, 3.63) is 71.7 Å². The van der Waals surface area contributed by atoms with Crippen molar-refractivity contribution in [3.8, 4) is 23.1 Å². The Morgan fingerprint density at radius 2 is 1.65 bits per heavy atom. The molecule has 2 saturated heterocycles. The molecule has 248 valence electrons. The van der Waals surface area contributed by atoms with E-state index in [2.05, 4.69) is 66.8 Å². The van der Waals surface area contributed by atoms with E-state index >= 15 is 0 Å². The van der Waals surface area contributed by atoms with Gasteiger partial charge in [0.2, 0.25) is 0 Å². The van der Waals surface area contributed by atoms with E-state index in [4.69, 9.17) is 14.7 Å². The number of hydrogen-bond acceptors (Lipinski definition) is 5. The Hall–Kier alpha value is -4.78. The van der Waals surface area contributed by atoms with Crippen molar-refractivity contribution in [2.24, 2.45) is 17.3 Å². The van der Waals surface area contributed by atoms with Gasteiger partial charge in [0.25, 0.3) is 0 Å². The molecule has 3 N–H and O–H groups in total. The second-order valence-corrected chi connectivity index (χ2v) is 16.1. The summed E-state index contributed by atoms with van der Waals surface area (Å²) < 4.78 is 5.69. The molecule has 2 aromatic carbocycles. The number of benzene rings is 2. The van der Waals surface area contributed by atoms with Gasteiger partial charge in [0.05, 0.1) is 23.3 Å². The van der Waals surface area contributed by atoms with Crippen LogP contribution in [-0.2, 0) is 4.74 Å². The molecule has 10 heteroatoms. The quantitative estimate of drug-likeness (QED) is 0.196. The fourth-order valence-corrected chi connectivity index (χ4v) is 8.48. The molecule has 2 aromatic heterocycles. The topological polar surface area (TPSA) is 127 Å². The fourth-order valence-electron chi connectivity index (χ4n) is 8.48. The number of likely N-dealkylation sites (tertiary alicyclic amines) is 2. The molecule has 6 atom stereocenters. The highest BCUT2D eigenvalue weighted by molar-refractivity contribution is 5.88. The van der Waals surface area contributed by atoms with Crippen molar-refractivity contribution < 1.29 is 19.4 Å². The minimum absolute atomic E-state index is 0.125. The molecule has 4 aliphatic rings. The van der Waals surface area contributed by atoms with E-state index in [1.165, 1.54) is 0 Å². The van der Waals surface area contributed by atoms with E-state index < -0.39 is 11.7 Å². The summed E-state index contributed by atoms with van der Waals surface area (Å²) in [6.45, 7) is 12.1. The summed E-state index contributed by atoms with van der Waals surface area (Å²) in [4.78, 5) is 45.1. The third-order valence-corrected chi connectivity index (χ3v) is 10.8. The maximum atomic E-state index is 13.0. The summed E-state index contributed by atoms with van der Waals surface area (Å²) in [5.41, 5.74) is 2.27. The zero-order valence-corrected chi connectivity index (χ0v) is 28.3. The highest BCUT2D eigenvalue weighted by Crippen LogP contribution is 2.68. The zero-order chi connectivity index (χ0) is 33.7. The Morgan fingerprint density at radius 3 is 2.40 bits per heavy atom. The largest absolute Gasteiger partial charge is 0.465 e. The van der Waals surface area contributed by atoms with Crippen molar-refractivity contribution in [1.82, 2.24) is 29.7 Å². The molecular formula is C38H42N6O4. The van der Waals surface area contributed by atoms with E-state index in [0.717, 1.165) is 59.1 Å². The summed E-state index contributed by atoms with van der Waals surface area (Å²) in [5, 5.41) is 12.3. The number of amides is 2. The van der Waals surface area contributed by atoms with Crippen LogP contribution in [0.5, 0.6) is 0 Å². The Bertz CT molecular complexity index is 2020. The number of nitrogens with one attached hydrogen (secondary N) is 2. The third-order valence-electron chi connectivity index (χ3n) is 10.8. The second kappa shape index (κ2) is 10.4. The summed E-state index contributed by atoms with van der Waals surface area (Å²) in [7, 11) is 0. The minimum Gasteiger partial charge on any atom is -0.465 e. The fraction of sp³-hybridized carbons (Fsp3) is 0.474. The highest BCUT2D eigenvalue weighted by atomic mass is 16.6. The molecule has 4 heterocycles. The van der Waals surface area contributed by atoms with Gasteiger partial charge in [-0.2, -0.15) is 0 Å². The lowest BCUT2D eigenvalue weighted by atomic mass is 9.82. The molecule has 0 radical (unpaired) electrons. The molecule has 4 fully saturated rings. The number of ether oxygens (including phenoxy) is 1. The number of piperidine rings is 2. The molecule has 0 unspecified atom stereocenters. The van der Waals surface area contributed by atoms with Crippen molar-refractivity contribution in [1.29, 1.82) is 0 Å². The number of carboxylic acid groups (broad SMARTS) is 1. The van der Waals surface area contributed by atoms with Crippen LogP contribution in [0.3, 0.4) is 0 Å². The Kier molecular flexibility index (Phi) is 6.59. The Morgan fingerprint density at radius 1 is 0.917 bits per heavy atom. The number of carbonyl (C=O) groups is 2. The number of carbonyl (C=O) groups excluding carboxylic acids is 1. The number of fused-ring (bicyclic) bond motifs is 3. The molecule has 2 saturated carbocycles. The van der Waals surface area contributed by atoms with Crippen LogP contribution in [0, 0.1) is 29.1 Å². The molecule has 2 aliphatic heterocycles. The van der Waals surface area contributed by atoms with Gasteiger partial charge < -0.3 is 19.8 Å². The molecule has 2 aliphatic carbocycles. The van der Waals surface area contributed by atoms with Crippen molar-refractivity contribution in [2.75, 3.05) is 0 Å². The number of aromatic amines is 2. The van der Waals surface area contributed by atoms with Gasteiger partial charge in [-0.3, -0.25) is 9.80 Å². The van der Waals surface area contributed by atoms with Gasteiger partial charge in [0.15, 0.2) is 0 Å². The molecule has 10 nitrogen and oxygen atoms in total. The second-order valence-electron chi connectivity index (χ2n) is 16.1. The molecule has 2 amide bonds. The number of nitrogens with zero attached hydrogens (tertiary/aromatic N) is 4. The molecule has 4 aromatic rings. The Balaban J connectivity index is 0.975. The number of aromatic nitrogens is 4. The third kappa shape index (κ3) is 5.02. The van der Waals surface area contributed by atoms with E-state index in [1.54, 1.807) is 11.1 Å². The van der Waals surface area contributed by atoms with E-state index in [0.29, 0.717) is 23.4 Å². The van der Waals surface area contributed by atoms with Crippen molar-refractivity contribution in [3.63, 3.8) is 0 Å². The summed E-state index contributed by atoms with van der Waals surface area (Å²) in [6.07, 6.45) is 6.15. The van der Waals surface area contributed by atoms with Crippen LogP contribution in [-0.4, -0.2) is 64.2 Å². The first-order chi connectivity index (χ1) is 22.7. The van der Waals surface area contributed by atoms with E-state index in [9.17, 15) is 14.7 Å².